The number of hydrogen-bond donors (Lipinski definition) is 0. The monoisotopic (exact) mass is 181 g/mol. The molecule has 0 aromatic heterocycles. The Bertz CT molecular complexity index is 259. The first-order valence-electron chi connectivity index (χ1n) is 4.85. The minimum absolute atomic E-state index is 0.0417. The number of carbonyl (C=O) groups excluding carboxylic acids is 2. The highest BCUT2D eigenvalue weighted by molar-refractivity contribution is 6.03. The maximum atomic E-state index is 11.7. The van der Waals surface area contributed by atoms with Gasteiger partial charge in [0.15, 0.2) is 0 Å². The minimum atomic E-state index is -0.0835. The topological polar surface area (TPSA) is 37.4 Å². The van der Waals surface area contributed by atoms with Crippen LogP contribution in [0.1, 0.15) is 27.2 Å². The van der Waals surface area contributed by atoms with E-state index in [-0.39, 0.29) is 29.1 Å². The van der Waals surface area contributed by atoms with Gasteiger partial charge in [0, 0.05) is 18.4 Å². The number of carbonyl (C=O) groups is 2. The van der Waals surface area contributed by atoms with Gasteiger partial charge in [-0.1, -0.05) is 13.8 Å². The predicted molar refractivity (Wildman–Crippen MR) is 47.8 cm³/mol. The van der Waals surface area contributed by atoms with E-state index in [0.29, 0.717) is 6.54 Å². The number of hydrogen-bond acceptors (Lipinski definition) is 2. The van der Waals surface area contributed by atoms with E-state index < -0.39 is 0 Å². The van der Waals surface area contributed by atoms with E-state index in [1.165, 1.54) is 4.90 Å². The zero-order valence-corrected chi connectivity index (χ0v) is 8.33. The molecule has 0 radical (unpaired) electrons. The summed E-state index contributed by atoms with van der Waals surface area (Å²) < 4.78 is 0. The summed E-state index contributed by atoms with van der Waals surface area (Å²) >= 11 is 0. The van der Waals surface area contributed by atoms with Crippen molar-refractivity contribution in [2.45, 2.75) is 27.2 Å². The van der Waals surface area contributed by atoms with Crippen LogP contribution >= 0.6 is 0 Å². The lowest BCUT2D eigenvalue weighted by molar-refractivity contribution is -0.182. The van der Waals surface area contributed by atoms with Crippen LogP contribution in [0.5, 0.6) is 0 Å². The Balaban J connectivity index is 2.31. The lowest BCUT2D eigenvalue weighted by Crippen LogP contribution is -2.65. The lowest BCUT2D eigenvalue weighted by Gasteiger charge is -2.56. The van der Waals surface area contributed by atoms with Crippen LogP contribution in [0.3, 0.4) is 0 Å². The van der Waals surface area contributed by atoms with Crippen molar-refractivity contribution in [1.29, 1.82) is 0 Å². The summed E-state index contributed by atoms with van der Waals surface area (Å²) in [5.74, 6) is 0.269. The highest BCUT2D eigenvalue weighted by Gasteiger charge is 2.61. The van der Waals surface area contributed by atoms with Crippen molar-refractivity contribution >= 4 is 11.8 Å². The Morgan fingerprint density at radius 1 is 1.31 bits per heavy atom. The summed E-state index contributed by atoms with van der Waals surface area (Å²) in [6.45, 7) is 6.43. The number of rotatable bonds is 1. The molecule has 2 unspecified atom stereocenters. The standard InChI is InChI=1S/C10H15NO2/c1-4-11-8(12)6-5-7(9(11)13)10(6,2)3/h6-7H,4-5H2,1-3H3. The molecule has 1 aliphatic carbocycles. The van der Waals surface area contributed by atoms with Crippen molar-refractivity contribution in [1.82, 2.24) is 4.90 Å². The number of amides is 2. The molecule has 3 fully saturated rings. The van der Waals surface area contributed by atoms with E-state index >= 15 is 0 Å². The fourth-order valence-electron chi connectivity index (χ4n) is 2.56. The fourth-order valence-corrected chi connectivity index (χ4v) is 2.56. The van der Waals surface area contributed by atoms with Crippen LogP contribution in [0.15, 0.2) is 0 Å². The van der Waals surface area contributed by atoms with Crippen molar-refractivity contribution in [3.05, 3.63) is 0 Å². The van der Waals surface area contributed by atoms with Gasteiger partial charge in [-0.25, -0.2) is 0 Å². The van der Waals surface area contributed by atoms with E-state index in [1.807, 2.05) is 20.8 Å². The van der Waals surface area contributed by atoms with Gasteiger partial charge in [-0.15, -0.1) is 0 Å². The van der Waals surface area contributed by atoms with E-state index in [4.69, 9.17) is 0 Å². The maximum Gasteiger partial charge on any atom is 0.232 e. The number of imide groups is 1. The van der Waals surface area contributed by atoms with E-state index in [1.54, 1.807) is 0 Å². The highest BCUT2D eigenvalue weighted by Crippen LogP contribution is 2.55. The molecule has 3 heteroatoms. The molecule has 0 aromatic rings. The summed E-state index contributed by atoms with van der Waals surface area (Å²) in [5.41, 5.74) is -0.0835. The smallest absolute Gasteiger partial charge is 0.232 e. The first-order valence-corrected chi connectivity index (χ1v) is 4.85. The second-order valence-corrected chi connectivity index (χ2v) is 4.58. The van der Waals surface area contributed by atoms with Gasteiger partial charge < -0.3 is 0 Å². The Kier molecular flexibility index (Phi) is 1.57. The van der Waals surface area contributed by atoms with Crippen molar-refractivity contribution in [3.8, 4) is 0 Å². The van der Waals surface area contributed by atoms with Crippen molar-refractivity contribution in [3.63, 3.8) is 0 Å². The second kappa shape index (κ2) is 2.34. The SMILES string of the molecule is CCN1C(=O)C2CC(C1=O)C2(C)C. The number of nitrogens with zero attached hydrogens (tertiary/aromatic N) is 1. The summed E-state index contributed by atoms with van der Waals surface area (Å²) in [5, 5.41) is 0. The van der Waals surface area contributed by atoms with Gasteiger partial charge in [0.05, 0.1) is 0 Å². The van der Waals surface area contributed by atoms with Crippen LogP contribution in [-0.4, -0.2) is 23.3 Å². The Hall–Kier alpha value is -0.860. The normalized spacial score (nSPS) is 36.1. The first kappa shape index (κ1) is 8.73. The van der Waals surface area contributed by atoms with Crippen molar-refractivity contribution in [2.24, 2.45) is 17.3 Å². The summed E-state index contributed by atoms with van der Waals surface area (Å²) in [6.07, 6.45) is 0.779. The van der Waals surface area contributed by atoms with Gasteiger partial charge in [0.1, 0.15) is 0 Å². The van der Waals surface area contributed by atoms with Gasteiger partial charge in [0.25, 0.3) is 0 Å². The van der Waals surface area contributed by atoms with Crippen molar-refractivity contribution < 1.29 is 9.59 Å². The molecule has 2 amide bonds. The zero-order chi connectivity index (χ0) is 9.80. The Labute approximate surface area is 78.1 Å². The molecule has 3 aliphatic rings. The predicted octanol–water partition coefficient (Wildman–Crippen LogP) is 1.04. The third kappa shape index (κ3) is 0.847. The maximum absolute atomic E-state index is 11.7. The molecule has 0 N–H and O–H groups in total. The van der Waals surface area contributed by atoms with Crippen molar-refractivity contribution in [2.75, 3.05) is 6.54 Å². The molecule has 2 saturated heterocycles. The molecular formula is C10H15NO2. The van der Waals surface area contributed by atoms with Crippen LogP contribution in [-0.2, 0) is 9.59 Å². The zero-order valence-electron chi connectivity index (χ0n) is 8.33. The second-order valence-electron chi connectivity index (χ2n) is 4.58. The third-order valence-electron chi connectivity index (χ3n) is 3.71. The highest BCUT2D eigenvalue weighted by atomic mass is 16.2. The molecular weight excluding hydrogens is 166 g/mol. The van der Waals surface area contributed by atoms with Crippen LogP contribution < -0.4 is 0 Å². The summed E-state index contributed by atoms with van der Waals surface area (Å²) in [7, 11) is 0. The van der Waals surface area contributed by atoms with Crippen LogP contribution in [0.25, 0.3) is 0 Å². The molecule has 0 spiro atoms. The van der Waals surface area contributed by atoms with E-state index in [2.05, 4.69) is 0 Å². The van der Waals surface area contributed by atoms with Gasteiger partial charge in [0.2, 0.25) is 11.8 Å². The van der Waals surface area contributed by atoms with Crippen LogP contribution in [0, 0.1) is 17.3 Å². The van der Waals surface area contributed by atoms with Gasteiger partial charge in [-0.05, 0) is 18.8 Å². The largest absolute Gasteiger partial charge is 0.282 e. The van der Waals surface area contributed by atoms with Crippen LogP contribution in [0.4, 0.5) is 0 Å². The van der Waals surface area contributed by atoms with Gasteiger partial charge in [-0.2, -0.15) is 0 Å². The quantitative estimate of drug-likeness (QED) is 0.567. The molecule has 2 atom stereocenters. The van der Waals surface area contributed by atoms with Gasteiger partial charge >= 0.3 is 0 Å². The molecule has 2 bridgehead atoms. The average Bonchev–Trinajstić information content (AvgIpc) is 2.02. The molecule has 13 heavy (non-hydrogen) atoms. The Morgan fingerprint density at radius 3 is 2.08 bits per heavy atom. The minimum Gasteiger partial charge on any atom is -0.282 e. The summed E-state index contributed by atoms with van der Waals surface area (Å²) in [6, 6.07) is 0. The third-order valence-corrected chi connectivity index (χ3v) is 3.71. The molecule has 2 heterocycles. The first-order chi connectivity index (χ1) is 6.00. The van der Waals surface area contributed by atoms with Gasteiger partial charge in [-0.3, -0.25) is 14.5 Å². The van der Waals surface area contributed by atoms with Crippen LogP contribution in [0.2, 0.25) is 0 Å². The Morgan fingerprint density at radius 2 is 1.77 bits per heavy atom. The molecule has 1 saturated carbocycles. The average molecular weight is 181 g/mol. The molecule has 3 nitrogen and oxygen atoms in total. The summed E-state index contributed by atoms with van der Waals surface area (Å²) in [4.78, 5) is 24.9. The van der Waals surface area contributed by atoms with E-state index in [9.17, 15) is 9.59 Å². The van der Waals surface area contributed by atoms with E-state index in [0.717, 1.165) is 6.42 Å². The lowest BCUT2D eigenvalue weighted by atomic mass is 9.51. The molecule has 0 aromatic carbocycles. The molecule has 3 rings (SSSR count). The molecule has 72 valence electrons. The number of fused-ring (bicyclic) bond motifs is 2. The molecule has 2 aliphatic heterocycles. The number of piperidine rings is 2. The fraction of sp³-hybridized carbons (Fsp3) is 0.800.